The number of hydrogen-bond donors (Lipinski definition) is 2. The van der Waals surface area contributed by atoms with Crippen LogP contribution in [0.3, 0.4) is 0 Å². The summed E-state index contributed by atoms with van der Waals surface area (Å²) in [5, 5.41) is 4.24. The molecule has 1 aromatic heterocycles. The van der Waals surface area contributed by atoms with Gasteiger partial charge in [-0.3, -0.25) is 4.79 Å². The summed E-state index contributed by atoms with van der Waals surface area (Å²) >= 11 is 0. The molecule has 2 aliphatic rings. The predicted molar refractivity (Wildman–Crippen MR) is 90.2 cm³/mol. The third kappa shape index (κ3) is 2.65. The number of benzene rings is 1. The molecule has 1 amide bonds. The normalized spacial score (nSPS) is 30.3. The zero-order valence-corrected chi connectivity index (χ0v) is 13.5. The van der Waals surface area contributed by atoms with Crippen LogP contribution in [-0.2, 0) is 0 Å². The highest BCUT2D eigenvalue weighted by Gasteiger charge is 2.40. The molecule has 0 spiro atoms. The van der Waals surface area contributed by atoms with E-state index >= 15 is 0 Å². The predicted octanol–water partition coefficient (Wildman–Crippen LogP) is 3.38. The molecule has 23 heavy (non-hydrogen) atoms. The minimum Gasteiger partial charge on any atom is -0.451 e. The molecule has 0 radical (unpaired) electrons. The molecule has 2 fully saturated rings. The summed E-state index contributed by atoms with van der Waals surface area (Å²) in [5.41, 5.74) is 8.03. The number of amides is 1. The number of carbonyl (C=O) groups excluding carboxylic acids is 1. The zero-order chi connectivity index (χ0) is 16.0. The minimum absolute atomic E-state index is 0.0852. The molecule has 2 bridgehead atoms. The van der Waals surface area contributed by atoms with Crippen molar-refractivity contribution in [3.8, 4) is 0 Å². The van der Waals surface area contributed by atoms with Gasteiger partial charge >= 0.3 is 0 Å². The Morgan fingerprint density at radius 3 is 2.70 bits per heavy atom. The quantitative estimate of drug-likeness (QED) is 0.893. The Balaban J connectivity index is 1.56. The van der Waals surface area contributed by atoms with Crippen molar-refractivity contribution in [3.05, 3.63) is 35.6 Å². The standard InChI is InChI=1S/C19H24N2O2/c1-11-4-2-7-14-10-16(23-18(11)14)19(22)21-17-12-5-3-6-13(17)9-15(20)8-12/h2,4,7,10,12-13,15,17H,3,5-6,8-9,20H2,1H3,(H,21,22). The molecule has 1 heterocycles. The van der Waals surface area contributed by atoms with E-state index in [0.717, 1.165) is 29.4 Å². The van der Waals surface area contributed by atoms with E-state index in [2.05, 4.69) is 5.32 Å². The average Bonchev–Trinajstić information content (AvgIpc) is 2.94. The van der Waals surface area contributed by atoms with E-state index in [4.69, 9.17) is 10.2 Å². The summed E-state index contributed by atoms with van der Waals surface area (Å²) < 4.78 is 5.81. The molecule has 122 valence electrons. The van der Waals surface area contributed by atoms with Crippen LogP contribution in [0.1, 0.15) is 48.2 Å². The first-order chi connectivity index (χ1) is 11.1. The Labute approximate surface area is 136 Å². The molecule has 4 rings (SSSR count). The van der Waals surface area contributed by atoms with E-state index in [9.17, 15) is 4.79 Å². The van der Waals surface area contributed by atoms with Crippen molar-refractivity contribution in [1.29, 1.82) is 0 Å². The van der Waals surface area contributed by atoms with Crippen LogP contribution < -0.4 is 11.1 Å². The Morgan fingerprint density at radius 1 is 1.26 bits per heavy atom. The number of aryl methyl sites for hydroxylation is 1. The Kier molecular flexibility index (Phi) is 3.64. The van der Waals surface area contributed by atoms with Crippen molar-refractivity contribution in [2.75, 3.05) is 0 Å². The third-order valence-electron chi connectivity index (χ3n) is 5.64. The summed E-state index contributed by atoms with van der Waals surface area (Å²) in [6.07, 6.45) is 5.67. The van der Waals surface area contributed by atoms with Gasteiger partial charge in [0.15, 0.2) is 5.76 Å². The number of hydrogen-bond acceptors (Lipinski definition) is 3. The number of fused-ring (bicyclic) bond motifs is 3. The van der Waals surface area contributed by atoms with Crippen LogP contribution in [0.5, 0.6) is 0 Å². The lowest BCUT2D eigenvalue weighted by Crippen LogP contribution is -2.53. The number of nitrogens with one attached hydrogen (secondary N) is 1. The maximum Gasteiger partial charge on any atom is 0.287 e. The fourth-order valence-electron chi connectivity index (χ4n) is 4.57. The van der Waals surface area contributed by atoms with Crippen LogP contribution in [-0.4, -0.2) is 18.0 Å². The van der Waals surface area contributed by atoms with Gasteiger partial charge in [0.2, 0.25) is 0 Å². The van der Waals surface area contributed by atoms with Gasteiger partial charge in [-0.2, -0.15) is 0 Å². The third-order valence-corrected chi connectivity index (χ3v) is 5.64. The number of para-hydroxylation sites is 1. The first-order valence-electron chi connectivity index (χ1n) is 8.67. The summed E-state index contributed by atoms with van der Waals surface area (Å²) in [7, 11) is 0. The molecule has 3 N–H and O–H groups in total. The van der Waals surface area contributed by atoms with Crippen LogP contribution in [0.4, 0.5) is 0 Å². The van der Waals surface area contributed by atoms with E-state index < -0.39 is 0 Å². The molecule has 2 aliphatic carbocycles. The van der Waals surface area contributed by atoms with Crippen LogP contribution >= 0.6 is 0 Å². The molecule has 4 heteroatoms. The lowest BCUT2D eigenvalue weighted by Gasteiger charge is -2.45. The van der Waals surface area contributed by atoms with Gasteiger partial charge in [-0.15, -0.1) is 0 Å². The van der Waals surface area contributed by atoms with Gasteiger partial charge in [-0.1, -0.05) is 24.6 Å². The second-order valence-corrected chi connectivity index (χ2v) is 7.29. The van der Waals surface area contributed by atoms with Gasteiger partial charge in [-0.05, 0) is 56.1 Å². The molecule has 4 nitrogen and oxygen atoms in total. The fourth-order valence-corrected chi connectivity index (χ4v) is 4.57. The number of nitrogens with two attached hydrogens (primary N) is 1. The summed E-state index contributed by atoms with van der Waals surface area (Å²) in [6, 6.07) is 8.37. The van der Waals surface area contributed by atoms with Gasteiger partial charge in [0, 0.05) is 17.5 Å². The molecule has 2 aromatic rings. The zero-order valence-electron chi connectivity index (χ0n) is 13.5. The summed E-state index contributed by atoms with van der Waals surface area (Å²) in [5.74, 6) is 1.38. The maximum absolute atomic E-state index is 12.7. The Hall–Kier alpha value is -1.81. The Morgan fingerprint density at radius 2 is 2.00 bits per heavy atom. The summed E-state index contributed by atoms with van der Waals surface area (Å²) in [4.78, 5) is 12.7. The number of rotatable bonds is 2. The molecule has 2 atom stereocenters. The van der Waals surface area contributed by atoms with Crippen LogP contribution in [0.25, 0.3) is 11.0 Å². The van der Waals surface area contributed by atoms with Crippen molar-refractivity contribution in [2.45, 2.75) is 51.1 Å². The number of carbonyl (C=O) groups is 1. The molecule has 2 saturated carbocycles. The van der Waals surface area contributed by atoms with Crippen molar-refractivity contribution < 1.29 is 9.21 Å². The second-order valence-electron chi connectivity index (χ2n) is 7.29. The van der Waals surface area contributed by atoms with Crippen LogP contribution in [0.15, 0.2) is 28.7 Å². The molecule has 0 saturated heterocycles. The van der Waals surface area contributed by atoms with Crippen LogP contribution in [0.2, 0.25) is 0 Å². The van der Waals surface area contributed by atoms with Crippen molar-refractivity contribution in [1.82, 2.24) is 5.32 Å². The topological polar surface area (TPSA) is 68.3 Å². The van der Waals surface area contributed by atoms with Gasteiger partial charge in [0.25, 0.3) is 5.91 Å². The lowest BCUT2D eigenvalue weighted by atomic mass is 9.67. The molecular formula is C19H24N2O2. The molecule has 0 aliphatic heterocycles. The van der Waals surface area contributed by atoms with Crippen molar-refractivity contribution in [3.63, 3.8) is 0 Å². The molecular weight excluding hydrogens is 288 g/mol. The SMILES string of the molecule is Cc1cccc2cc(C(=O)NC3C4CCCC3CC(N)C4)oc12. The number of furan rings is 1. The van der Waals surface area contributed by atoms with Crippen molar-refractivity contribution in [2.24, 2.45) is 17.6 Å². The largest absolute Gasteiger partial charge is 0.451 e. The van der Waals surface area contributed by atoms with Gasteiger partial charge in [-0.25, -0.2) is 0 Å². The van der Waals surface area contributed by atoms with E-state index in [1.807, 2.05) is 31.2 Å². The average molecular weight is 312 g/mol. The first-order valence-corrected chi connectivity index (χ1v) is 8.67. The molecule has 2 unspecified atom stereocenters. The van der Waals surface area contributed by atoms with Crippen LogP contribution in [0, 0.1) is 18.8 Å². The van der Waals surface area contributed by atoms with E-state index in [1.165, 1.54) is 19.3 Å². The highest BCUT2D eigenvalue weighted by Crippen LogP contribution is 2.39. The van der Waals surface area contributed by atoms with E-state index in [0.29, 0.717) is 23.6 Å². The molecule has 1 aromatic carbocycles. The van der Waals surface area contributed by atoms with Gasteiger partial charge in [0.05, 0.1) is 0 Å². The lowest BCUT2D eigenvalue weighted by molar-refractivity contribution is 0.0734. The van der Waals surface area contributed by atoms with E-state index in [-0.39, 0.29) is 11.9 Å². The van der Waals surface area contributed by atoms with Gasteiger partial charge < -0.3 is 15.5 Å². The monoisotopic (exact) mass is 312 g/mol. The van der Waals surface area contributed by atoms with Crippen molar-refractivity contribution >= 4 is 16.9 Å². The maximum atomic E-state index is 12.7. The van der Waals surface area contributed by atoms with Gasteiger partial charge in [0.1, 0.15) is 5.58 Å². The first kappa shape index (κ1) is 14.8. The fraction of sp³-hybridized carbons (Fsp3) is 0.526. The highest BCUT2D eigenvalue weighted by atomic mass is 16.3. The summed E-state index contributed by atoms with van der Waals surface area (Å²) in [6.45, 7) is 2.00. The highest BCUT2D eigenvalue weighted by molar-refractivity contribution is 5.96. The Bertz CT molecular complexity index is 722. The smallest absolute Gasteiger partial charge is 0.287 e. The second kappa shape index (κ2) is 5.68. The minimum atomic E-state index is -0.0852. The van der Waals surface area contributed by atoms with E-state index in [1.54, 1.807) is 0 Å².